The molecule has 0 atom stereocenters. The molecule has 0 bridgehead atoms. The van der Waals surface area contributed by atoms with Gasteiger partial charge in [-0.05, 0) is 30.5 Å². The predicted octanol–water partition coefficient (Wildman–Crippen LogP) is 2.62. The number of hydrogen-bond acceptors (Lipinski definition) is 2. The fourth-order valence-electron chi connectivity index (χ4n) is 2.68. The second-order valence-corrected chi connectivity index (χ2v) is 5.27. The summed E-state index contributed by atoms with van der Waals surface area (Å²) in [5.41, 5.74) is 0.136. The van der Waals surface area contributed by atoms with E-state index in [0.29, 0.717) is 5.82 Å². The highest BCUT2D eigenvalue weighted by molar-refractivity contribution is 5.99. The lowest BCUT2D eigenvalue weighted by molar-refractivity contribution is -0.124. The quantitative estimate of drug-likeness (QED) is 0.934. The van der Waals surface area contributed by atoms with Crippen molar-refractivity contribution in [1.82, 2.24) is 9.78 Å². The Bertz CT molecular complexity index is 646. The van der Waals surface area contributed by atoms with Crippen molar-refractivity contribution in [3.8, 4) is 0 Å². The zero-order chi connectivity index (χ0) is 14.2. The first kappa shape index (κ1) is 12.8. The number of halogens is 1. The van der Waals surface area contributed by atoms with E-state index in [2.05, 4.69) is 10.4 Å². The van der Waals surface area contributed by atoms with E-state index in [1.165, 1.54) is 12.1 Å². The second-order valence-electron chi connectivity index (χ2n) is 5.27. The molecule has 0 unspecified atom stereocenters. The van der Waals surface area contributed by atoms with Crippen molar-refractivity contribution in [2.45, 2.75) is 24.7 Å². The van der Waals surface area contributed by atoms with E-state index in [4.69, 9.17) is 0 Å². The van der Waals surface area contributed by atoms with Crippen molar-refractivity contribution in [2.24, 2.45) is 7.05 Å². The monoisotopic (exact) mass is 273 g/mol. The smallest absolute Gasteiger partial charge is 0.236 e. The van der Waals surface area contributed by atoms with Crippen LogP contribution >= 0.6 is 0 Å². The first-order chi connectivity index (χ1) is 9.60. The average Bonchev–Trinajstić information content (AvgIpc) is 2.73. The van der Waals surface area contributed by atoms with E-state index in [0.717, 1.165) is 24.8 Å². The molecule has 1 heterocycles. The Balaban J connectivity index is 1.87. The number of benzene rings is 1. The van der Waals surface area contributed by atoms with Gasteiger partial charge in [-0.25, -0.2) is 4.39 Å². The number of anilines is 1. The molecule has 0 aliphatic heterocycles. The van der Waals surface area contributed by atoms with Crippen LogP contribution in [0.15, 0.2) is 36.5 Å². The van der Waals surface area contributed by atoms with Gasteiger partial charge in [-0.15, -0.1) is 0 Å². The van der Waals surface area contributed by atoms with Gasteiger partial charge in [-0.3, -0.25) is 9.48 Å². The highest BCUT2D eigenvalue weighted by Gasteiger charge is 2.45. The predicted molar refractivity (Wildman–Crippen MR) is 73.8 cm³/mol. The summed E-state index contributed by atoms with van der Waals surface area (Å²) in [7, 11) is 1.79. The van der Waals surface area contributed by atoms with Crippen molar-refractivity contribution in [1.29, 1.82) is 0 Å². The van der Waals surface area contributed by atoms with Crippen molar-refractivity contribution in [3.05, 3.63) is 47.9 Å². The fraction of sp³-hybridized carbons (Fsp3) is 0.333. The van der Waals surface area contributed by atoms with E-state index >= 15 is 0 Å². The summed E-state index contributed by atoms with van der Waals surface area (Å²) >= 11 is 0. The summed E-state index contributed by atoms with van der Waals surface area (Å²) in [6.45, 7) is 0. The minimum Gasteiger partial charge on any atom is -0.308 e. The highest BCUT2D eigenvalue weighted by Crippen LogP contribution is 2.44. The Morgan fingerprint density at radius 1 is 1.40 bits per heavy atom. The first-order valence-electron chi connectivity index (χ1n) is 6.67. The summed E-state index contributed by atoms with van der Waals surface area (Å²) in [5.74, 6) is 0.118. The van der Waals surface area contributed by atoms with Crippen molar-refractivity contribution in [2.75, 3.05) is 5.32 Å². The van der Waals surface area contributed by atoms with Crippen molar-refractivity contribution < 1.29 is 9.18 Å². The van der Waals surface area contributed by atoms with Crippen LogP contribution in [0.4, 0.5) is 10.2 Å². The van der Waals surface area contributed by atoms with Crippen LogP contribution in [0, 0.1) is 5.82 Å². The molecule has 1 aliphatic rings. The lowest BCUT2D eigenvalue weighted by Crippen LogP contribution is -2.46. The van der Waals surface area contributed by atoms with Crippen LogP contribution in [0.1, 0.15) is 24.8 Å². The van der Waals surface area contributed by atoms with Gasteiger partial charge in [0.15, 0.2) is 5.82 Å². The third-order valence-electron chi connectivity index (χ3n) is 3.97. The van der Waals surface area contributed by atoms with Crippen molar-refractivity contribution >= 4 is 11.7 Å². The lowest BCUT2D eigenvalue weighted by atomic mass is 9.64. The largest absolute Gasteiger partial charge is 0.308 e. The molecule has 5 heteroatoms. The maximum atomic E-state index is 13.4. The van der Waals surface area contributed by atoms with Gasteiger partial charge in [0.05, 0.1) is 5.41 Å². The first-order valence-corrected chi connectivity index (χ1v) is 6.67. The van der Waals surface area contributed by atoms with Gasteiger partial charge >= 0.3 is 0 Å². The zero-order valence-corrected chi connectivity index (χ0v) is 11.3. The number of aryl methyl sites for hydroxylation is 1. The molecular weight excluding hydrogens is 257 g/mol. The summed E-state index contributed by atoms with van der Waals surface area (Å²) in [5, 5.41) is 6.97. The molecule has 1 amide bonds. The van der Waals surface area contributed by atoms with E-state index < -0.39 is 5.41 Å². The molecule has 1 aromatic carbocycles. The standard InChI is InChI=1S/C15H16FN3O/c1-19-9-6-13(18-19)17-14(20)15(7-3-8-15)11-4-2-5-12(16)10-11/h2,4-6,9-10H,3,7-8H2,1H3,(H,17,18,20). The van der Waals surface area contributed by atoms with Crippen molar-refractivity contribution in [3.63, 3.8) is 0 Å². The van der Waals surface area contributed by atoms with Crippen LogP contribution in [-0.4, -0.2) is 15.7 Å². The molecule has 20 heavy (non-hydrogen) atoms. The number of hydrogen-bond donors (Lipinski definition) is 1. The molecule has 2 aromatic rings. The summed E-state index contributed by atoms with van der Waals surface area (Å²) in [6, 6.07) is 8.07. The Kier molecular flexibility index (Phi) is 3.04. The maximum absolute atomic E-state index is 13.4. The molecule has 0 saturated heterocycles. The topological polar surface area (TPSA) is 46.9 Å². The Morgan fingerprint density at radius 2 is 2.20 bits per heavy atom. The number of carbonyl (C=O) groups is 1. The second kappa shape index (κ2) is 4.74. The molecule has 3 rings (SSSR count). The van der Waals surface area contributed by atoms with Gasteiger partial charge in [-0.2, -0.15) is 5.10 Å². The van der Waals surface area contributed by atoms with E-state index in [-0.39, 0.29) is 11.7 Å². The molecule has 4 nitrogen and oxygen atoms in total. The van der Waals surface area contributed by atoms with Gasteiger partial charge in [0.25, 0.3) is 0 Å². The molecule has 104 valence electrons. The van der Waals surface area contributed by atoms with E-state index in [1.54, 1.807) is 30.1 Å². The minimum absolute atomic E-state index is 0.104. The van der Waals surface area contributed by atoms with Crippen LogP contribution in [-0.2, 0) is 17.3 Å². The highest BCUT2D eigenvalue weighted by atomic mass is 19.1. The molecule has 1 fully saturated rings. The zero-order valence-electron chi connectivity index (χ0n) is 11.3. The van der Waals surface area contributed by atoms with Gasteiger partial charge < -0.3 is 5.32 Å². The number of aromatic nitrogens is 2. The van der Waals surface area contributed by atoms with E-state index in [9.17, 15) is 9.18 Å². The maximum Gasteiger partial charge on any atom is 0.236 e. The van der Waals surface area contributed by atoms with Crippen LogP contribution in [0.25, 0.3) is 0 Å². The van der Waals surface area contributed by atoms with Gasteiger partial charge in [0, 0.05) is 19.3 Å². The van der Waals surface area contributed by atoms with Crippen LogP contribution in [0.3, 0.4) is 0 Å². The normalized spacial score (nSPS) is 16.5. The van der Waals surface area contributed by atoms with E-state index in [1.807, 2.05) is 6.07 Å². The summed E-state index contributed by atoms with van der Waals surface area (Å²) < 4.78 is 15.0. The molecule has 0 spiro atoms. The summed E-state index contributed by atoms with van der Waals surface area (Å²) in [6.07, 6.45) is 4.24. The molecule has 1 saturated carbocycles. The third kappa shape index (κ3) is 2.09. The molecular formula is C15H16FN3O. The van der Waals surface area contributed by atoms with Crippen LogP contribution < -0.4 is 5.32 Å². The van der Waals surface area contributed by atoms with Crippen LogP contribution in [0.5, 0.6) is 0 Å². The van der Waals surface area contributed by atoms with Crippen LogP contribution in [0.2, 0.25) is 0 Å². The number of nitrogens with one attached hydrogen (secondary N) is 1. The summed E-state index contributed by atoms with van der Waals surface area (Å²) in [4.78, 5) is 12.6. The lowest BCUT2D eigenvalue weighted by Gasteiger charge is -2.40. The number of nitrogens with zero attached hydrogens (tertiary/aromatic N) is 2. The minimum atomic E-state index is -0.611. The number of amides is 1. The molecule has 1 aliphatic carbocycles. The fourth-order valence-corrected chi connectivity index (χ4v) is 2.68. The van der Waals surface area contributed by atoms with Gasteiger partial charge in [-0.1, -0.05) is 18.6 Å². The number of carbonyl (C=O) groups excluding carboxylic acids is 1. The SMILES string of the molecule is Cn1ccc(NC(=O)C2(c3cccc(F)c3)CCC2)n1. The molecule has 1 N–H and O–H groups in total. The number of rotatable bonds is 3. The Labute approximate surface area is 116 Å². The van der Waals surface area contributed by atoms with Gasteiger partial charge in [0.1, 0.15) is 5.82 Å². The Morgan fingerprint density at radius 3 is 2.75 bits per heavy atom. The molecule has 0 radical (unpaired) electrons. The molecule has 1 aromatic heterocycles. The third-order valence-corrected chi connectivity index (χ3v) is 3.97. The Hall–Kier alpha value is -2.17. The average molecular weight is 273 g/mol. The van der Waals surface area contributed by atoms with Gasteiger partial charge in [0.2, 0.25) is 5.91 Å².